The average Bonchev–Trinajstić information content (AvgIpc) is 3.06. The summed E-state index contributed by atoms with van der Waals surface area (Å²) in [7, 11) is 2.13. The van der Waals surface area contributed by atoms with Gasteiger partial charge in [-0.1, -0.05) is 19.1 Å². The van der Waals surface area contributed by atoms with E-state index < -0.39 is 5.97 Å². The van der Waals surface area contributed by atoms with Crippen molar-refractivity contribution in [1.29, 1.82) is 0 Å². The molecule has 0 heterocycles. The van der Waals surface area contributed by atoms with Crippen LogP contribution in [0.5, 0.6) is 5.75 Å². The van der Waals surface area contributed by atoms with Gasteiger partial charge >= 0.3 is 5.97 Å². The summed E-state index contributed by atoms with van der Waals surface area (Å²) in [5, 5.41) is 8.70. The average molecular weight is 277 g/mol. The van der Waals surface area contributed by atoms with Gasteiger partial charge in [-0.15, -0.1) is 0 Å². The van der Waals surface area contributed by atoms with Crippen LogP contribution in [0.25, 0.3) is 0 Å². The molecule has 0 saturated heterocycles. The first kappa shape index (κ1) is 14.9. The van der Waals surface area contributed by atoms with Gasteiger partial charge in [-0.05, 0) is 43.0 Å². The second-order valence-corrected chi connectivity index (χ2v) is 5.80. The van der Waals surface area contributed by atoms with Crippen LogP contribution in [0.3, 0.4) is 0 Å². The maximum atomic E-state index is 10.6. The zero-order valence-electron chi connectivity index (χ0n) is 12.2. The van der Waals surface area contributed by atoms with Crippen molar-refractivity contribution in [3.8, 4) is 5.75 Å². The minimum Gasteiger partial charge on any atom is -0.492 e. The molecule has 1 aliphatic carbocycles. The topological polar surface area (TPSA) is 49.8 Å². The van der Waals surface area contributed by atoms with Crippen molar-refractivity contribution >= 4 is 5.97 Å². The molecular formula is C16H23NO3. The molecule has 0 aliphatic heterocycles. The van der Waals surface area contributed by atoms with E-state index in [4.69, 9.17) is 9.84 Å². The van der Waals surface area contributed by atoms with E-state index >= 15 is 0 Å². The number of carboxylic acids is 1. The third-order valence-corrected chi connectivity index (χ3v) is 3.84. The minimum atomic E-state index is -0.811. The Balaban J connectivity index is 1.67. The van der Waals surface area contributed by atoms with Crippen LogP contribution in [0, 0.1) is 11.8 Å². The fraction of sp³-hybridized carbons (Fsp3) is 0.562. The molecule has 2 unspecified atom stereocenters. The standard InChI is InChI=1S/C16H23NO3/c1-12-9-14(12)11-17(2)7-8-20-15-5-3-13(4-6-15)10-16(18)19/h3-6,12,14H,7-11H2,1-2H3,(H,18,19). The van der Waals surface area contributed by atoms with Crippen LogP contribution in [-0.2, 0) is 11.2 Å². The highest BCUT2D eigenvalue weighted by Gasteiger charge is 2.32. The third-order valence-electron chi connectivity index (χ3n) is 3.84. The Morgan fingerprint density at radius 2 is 2.05 bits per heavy atom. The number of carbonyl (C=O) groups is 1. The third kappa shape index (κ3) is 4.85. The molecule has 0 bridgehead atoms. The summed E-state index contributed by atoms with van der Waals surface area (Å²) < 4.78 is 5.68. The van der Waals surface area contributed by atoms with Crippen molar-refractivity contribution in [2.45, 2.75) is 19.8 Å². The molecule has 0 spiro atoms. The lowest BCUT2D eigenvalue weighted by molar-refractivity contribution is -0.136. The normalized spacial score (nSPS) is 20.9. The summed E-state index contributed by atoms with van der Waals surface area (Å²) in [5.41, 5.74) is 0.796. The van der Waals surface area contributed by atoms with Crippen LogP contribution in [-0.4, -0.2) is 42.7 Å². The number of hydrogen-bond donors (Lipinski definition) is 1. The number of rotatable bonds is 8. The molecule has 1 aromatic carbocycles. The number of aliphatic carboxylic acids is 1. The van der Waals surface area contributed by atoms with E-state index in [-0.39, 0.29) is 6.42 Å². The van der Waals surface area contributed by atoms with Gasteiger partial charge in [0.1, 0.15) is 12.4 Å². The first-order valence-corrected chi connectivity index (χ1v) is 7.16. The molecule has 0 amide bonds. The number of carboxylic acid groups (broad SMARTS) is 1. The van der Waals surface area contributed by atoms with Crippen molar-refractivity contribution in [1.82, 2.24) is 4.90 Å². The largest absolute Gasteiger partial charge is 0.492 e. The Bertz CT molecular complexity index is 444. The summed E-state index contributed by atoms with van der Waals surface area (Å²) in [6, 6.07) is 7.28. The van der Waals surface area contributed by atoms with Crippen LogP contribution in [0.4, 0.5) is 0 Å². The second-order valence-electron chi connectivity index (χ2n) is 5.80. The Labute approximate surface area is 120 Å². The number of benzene rings is 1. The molecule has 1 N–H and O–H groups in total. The van der Waals surface area contributed by atoms with Crippen LogP contribution >= 0.6 is 0 Å². The highest BCUT2D eigenvalue weighted by molar-refractivity contribution is 5.70. The number of nitrogens with zero attached hydrogens (tertiary/aromatic N) is 1. The summed E-state index contributed by atoms with van der Waals surface area (Å²) >= 11 is 0. The number of likely N-dealkylation sites (N-methyl/N-ethyl adjacent to an activating group) is 1. The fourth-order valence-electron chi connectivity index (χ4n) is 2.34. The second kappa shape index (κ2) is 6.75. The SMILES string of the molecule is CC1CC1CN(C)CCOc1ccc(CC(=O)O)cc1. The molecule has 2 atom stereocenters. The van der Waals surface area contributed by atoms with E-state index in [0.717, 1.165) is 36.2 Å². The van der Waals surface area contributed by atoms with Crippen molar-refractivity contribution in [2.24, 2.45) is 11.8 Å². The molecule has 0 radical (unpaired) electrons. The van der Waals surface area contributed by atoms with E-state index in [0.29, 0.717) is 6.61 Å². The predicted octanol–water partition coefficient (Wildman–Crippen LogP) is 2.28. The van der Waals surface area contributed by atoms with E-state index in [9.17, 15) is 4.79 Å². The van der Waals surface area contributed by atoms with Crippen LogP contribution in [0.2, 0.25) is 0 Å². The molecule has 20 heavy (non-hydrogen) atoms. The molecule has 2 rings (SSSR count). The van der Waals surface area contributed by atoms with Gasteiger partial charge in [-0.2, -0.15) is 0 Å². The lowest BCUT2D eigenvalue weighted by atomic mass is 10.1. The molecule has 0 aromatic heterocycles. The Morgan fingerprint density at radius 1 is 1.40 bits per heavy atom. The van der Waals surface area contributed by atoms with Crippen molar-refractivity contribution in [3.05, 3.63) is 29.8 Å². The first-order valence-electron chi connectivity index (χ1n) is 7.16. The van der Waals surface area contributed by atoms with Gasteiger partial charge in [0.15, 0.2) is 0 Å². The zero-order chi connectivity index (χ0) is 14.5. The van der Waals surface area contributed by atoms with E-state index in [1.807, 2.05) is 12.1 Å². The van der Waals surface area contributed by atoms with Gasteiger partial charge in [0.05, 0.1) is 6.42 Å². The smallest absolute Gasteiger partial charge is 0.307 e. The maximum absolute atomic E-state index is 10.6. The van der Waals surface area contributed by atoms with Gasteiger partial charge in [0.25, 0.3) is 0 Å². The van der Waals surface area contributed by atoms with Crippen molar-refractivity contribution in [3.63, 3.8) is 0 Å². The molecule has 110 valence electrons. The Hall–Kier alpha value is -1.55. The monoisotopic (exact) mass is 277 g/mol. The number of ether oxygens (including phenoxy) is 1. The van der Waals surface area contributed by atoms with E-state index in [2.05, 4.69) is 18.9 Å². The molecule has 1 aromatic rings. The van der Waals surface area contributed by atoms with Gasteiger partial charge in [-0.25, -0.2) is 0 Å². The molecule has 4 heteroatoms. The van der Waals surface area contributed by atoms with Crippen molar-refractivity contribution in [2.75, 3.05) is 26.7 Å². The Kier molecular flexibility index (Phi) is 5.01. The van der Waals surface area contributed by atoms with Gasteiger partial charge in [0, 0.05) is 13.1 Å². The summed E-state index contributed by atoms with van der Waals surface area (Å²) in [5.74, 6) is 1.75. The quantitative estimate of drug-likeness (QED) is 0.792. The van der Waals surface area contributed by atoms with Crippen LogP contribution in [0.1, 0.15) is 18.9 Å². The predicted molar refractivity (Wildman–Crippen MR) is 78.0 cm³/mol. The lowest BCUT2D eigenvalue weighted by Gasteiger charge is -2.16. The van der Waals surface area contributed by atoms with E-state index in [1.165, 1.54) is 6.42 Å². The zero-order valence-corrected chi connectivity index (χ0v) is 12.2. The molecule has 1 fully saturated rings. The van der Waals surface area contributed by atoms with Crippen LogP contribution in [0.15, 0.2) is 24.3 Å². The maximum Gasteiger partial charge on any atom is 0.307 e. The van der Waals surface area contributed by atoms with Crippen LogP contribution < -0.4 is 4.74 Å². The van der Waals surface area contributed by atoms with Gasteiger partial charge < -0.3 is 14.7 Å². The van der Waals surface area contributed by atoms with Crippen molar-refractivity contribution < 1.29 is 14.6 Å². The highest BCUT2D eigenvalue weighted by Crippen LogP contribution is 2.37. The first-order chi connectivity index (χ1) is 9.54. The van der Waals surface area contributed by atoms with Gasteiger partial charge in [0.2, 0.25) is 0 Å². The van der Waals surface area contributed by atoms with Gasteiger partial charge in [-0.3, -0.25) is 4.79 Å². The summed E-state index contributed by atoms with van der Waals surface area (Å²) in [6.07, 6.45) is 1.42. The minimum absolute atomic E-state index is 0.0581. The molecule has 4 nitrogen and oxygen atoms in total. The highest BCUT2D eigenvalue weighted by atomic mass is 16.5. The fourth-order valence-corrected chi connectivity index (χ4v) is 2.34. The molecule has 1 saturated carbocycles. The summed E-state index contributed by atoms with van der Waals surface area (Å²) in [4.78, 5) is 12.9. The molecule has 1 aliphatic rings. The summed E-state index contributed by atoms with van der Waals surface area (Å²) in [6.45, 7) is 5.03. The number of hydrogen-bond acceptors (Lipinski definition) is 3. The Morgan fingerprint density at radius 3 is 2.60 bits per heavy atom. The van der Waals surface area contributed by atoms with E-state index in [1.54, 1.807) is 12.1 Å². The molecular weight excluding hydrogens is 254 g/mol. The lowest BCUT2D eigenvalue weighted by Crippen LogP contribution is -2.26.